The summed E-state index contributed by atoms with van der Waals surface area (Å²) in [5.41, 5.74) is 3.16. The van der Waals surface area contributed by atoms with Gasteiger partial charge >= 0.3 is 0 Å². The van der Waals surface area contributed by atoms with Gasteiger partial charge in [0.1, 0.15) is 16.5 Å². The third kappa shape index (κ3) is 5.17. The lowest BCUT2D eigenvalue weighted by molar-refractivity contribution is -0.122. The second kappa shape index (κ2) is 9.14. The average molecular weight is 395 g/mol. The van der Waals surface area contributed by atoms with Gasteiger partial charge in [-0.1, -0.05) is 29.8 Å². The summed E-state index contributed by atoms with van der Waals surface area (Å²) < 4.78 is 5.39. The Morgan fingerprint density at radius 1 is 1.07 bits per heavy atom. The Balaban J connectivity index is 1.59. The van der Waals surface area contributed by atoms with Gasteiger partial charge in [0, 0.05) is 23.2 Å². The molecular formula is C21H21N3O3S. The van der Waals surface area contributed by atoms with Gasteiger partial charge in [0.15, 0.2) is 6.61 Å². The fraction of sp³-hybridized carbons (Fsp3) is 0.190. The van der Waals surface area contributed by atoms with E-state index in [1.807, 2.05) is 38.1 Å². The zero-order valence-electron chi connectivity index (χ0n) is 15.7. The monoisotopic (exact) mass is 395 g/mol. The normalized spacial score (nSPS) is 10.4. The van der Waals surface area contributed by atoms with Crippen LogP contribution in [0.5, 0.6) is 5.75 Å². The molecule has 1 aromatic heterocycles. The molecule has 6 nitrogen and oxygen atoms in total. The zero-order chi connectivity index (χ0) is 19.9. The number of nitrogens with one attached hydrogen (secondary N) is 2. The van der Waals surface area contributed by atoms with Crippen molar-refractivity contribution in [2.24, 2.45) is 0 Å². The molecule has 2 aromatic carbocycles. The number of ether oxygens (including phenoxy) is 1. The molecule has 0 saturated heterocycles. The second-order valence-electron chi connectivity index (χ2n) is 6.12. The fourth-order valence-electron chi connectivity index (χ4n) is 2.43. The number of hydrogen-bond acceptors (Lipinski definition) is 5. The lowest BCUT2D eigenvalue weighted by Crippen LogP contribution is -2.28. The fourth-order valence-corrected chi connectivity index (χ4v) is 3.24. The molecule has 0 bridgehead atoms. The second-order valence-corrected chi connectivity index (χ2v) is 6.98. The van der Waals surface area contributed by atoms with Crippen LogP contribution in [0, 0.1) is 6.92 Å². The minimum absolute atomic E-state index is 0.0415. The van der Waals surface area contributed by atoms with Crippen molar-refractivity contribution in [2.75, 3.05) is 18.5 Å². The van der Waals surface area contributed by atoms with E-state index < -0.39 is 0 Å². The predicted molar refractivity (Wildman–Crippen MR) is 111 cm³/mol. The molecule has 0 aliphatic carbocycles. The van der Waals surface area contributed by atoms with Crippen LogP contribution in [0.2, 0.25) is 0 Å². The maximum absolute atomic E-state index is 12.4. The number of hydrogen-bond donors (Lipinski definition) is 2. The number of aromatic nitrogens is 1. The number of carbonyl (C=O) groups excluding carboxylic acids is 2. The third-order valence-electron chi connectivity index (χ3n) is 3.89. The van der Waals surface area contributed by atoms with Crippen molar-refractivity contribution in [2.45, 2.75) is 13.8 Å². The van der Waals surface area contributed by atoms with Crippen molar-refractivity contribution < 1.29 is 14.3 Å². The van der Waals surface area contributed by atoms with Gasteiger partial charge in [0.2, 0.25) is 0 Å². The first-order valence-electron chi connectivity index (χ1n) is 8.88. The van der Waals surface area contributed by atoms with Gasteiger partial charge in [-0.25, -0.2) is 4.98 Å². The first kappa shape index (κ1) is 19.6. The molecule has 3 rings (SSSR count). The molecule has 0 radical (unpaired) electrons. The van der Waals surface area contributed by atoms with Crippen LogP contribution < -0.4 is 15.4 Å². The van der Waals surface area contributed by atoms with Gasteiger partial charge in [-0.05, 0) is 38.1 Å². The Bertz CT molecular complexity index is 950. The van der Waals surface area contributed by atoms with Gasteiger partial charge in [-0.3, -0.25) is 9.59 Å². The molecule has 0 spiro atoms. The maximum Gasteiger partial charge on any atom is 0.275 e. The zero-order valence-corrected chi connectivity index (χ0v) is 16.5. The number of likely N-dealkylation sites (N-methyl/N-ethyl adjacent to an activating group) is 1. The van der Waals surface area contributed by atoms with E-state index in [0.29, 0.717) is 23.7 Å². The predicted octanol–water partition coefficient (Wildman–Crippen LogP) is 3.89. The number of carbonyl (C=O) groups is 2. The van der Waals surface area contributed by atoms with E-state index in [2.05, 4.69) is 15.6 Å². The smallest absolute Gasteiger partial charge is 0.275 e. The molecule has 2 N–H and O–H groups in total. The van der Waals surface area contributed by atoms with Crippen LogP contribution in [-0.2, 0) is 4.79 Å². The molecule has 0 aliphatic rings. The molecule has 144 valence electrons. The van der Waals surface area contributed by atoms with Crippen LogP contribution in [0.15, 0.2) is 53.9 Å². The summed E-state index contributed by atoms with van der Waals surface area (Å²) in [7, 11) is 0. The van der Waals surface area contributed by atoms with Crippen molar-refractivity contribution in [3.8, 4) is 16.3 Å². The van der Waals surface area contributed by atoms with Crippen LogP contribution in [0.25, 0.3) is 10.6 Å². The van der Waals surface area contributed by atoms with Gasteiger partial charge in [-0.15, -0.1) is 11.3 Å². The first-order chi connectivity index (χ1) is 13.5. The topological polar surface area (TPSA) is 80.3 Å². The molecule has 0 aliphatic heterocycles. The molecule has 1 heterocycles. The molecule has 28 heavy (non-hydrogen) atoms. The van der Waals surface area contributed by atoms with E-state index in [1.165, 1.54) is 16.9 Å². The quantitative estimate of drug-likeness (QED) is 0.636. The largest absolute Gasteiger partial charge is 0.484 e. The number of benzene rings is 2. The average Bonchev–Trinajstić information content (AvgIpc) is 3.19. The highest BCUT2D eigenvalue weighted by molar-refractivity contribution is 7.13. The van der Waals surface area contributed by atoms with E-state index in [4.69, 9.17) is 4.74 Å². The number of anilines is 1. The van der Waals surface area contributed by atoms with Crippen molar-refractivity contribution in [1.82, 2.24) is 10.3 Å². The Kier molecular flexibility index (Phi) is 6.39. The number of amides is 2. The summed E-state index contributed by atoms with van der Waals surface area (Å²) in [4.78, 5) is 28.3. The van der Waals surface area contributed by atoms with Crippen LogP contribution >= 0.6 is 11.3 Å². The van der Waals surface area contributed by atoms with Crippen LogP contribution in [0.1, 0.15) is 23.0 Å². The summed E-state index contributed by atoms with van der Waals surface area (Å²) in [5.74, 6) is 0.109. The highest BCUT2D eigenvalue weighted by Crippen LogP contribution is 2.24. The van der Waals surface area contributed by atoms with Crippen molar-refractivity contribution in [1.29, 1.82) is 0 Å². The summed E-state index contributed by atoms with van der Waals surface area (Å²) in [5, 5.41) is 8.03. The van der Waals surface area contributed by atoms with Gasteiger partial charge in [-0.2, -0.15) is 0 Å². The number of aryl methyl sites for hydroxylation is 1. The van der Waals surface area contributed by atoms with Crippen LogP contribution in [-0.4, -0.2) is 29.9 Å². The number of rotatable bonds is 7. The van der Waals surface area contributed by atoms with E-state index in [0.717, 1.165) is 10.6 Å². The van der Waals surface area contributed by atoms with E-state index >= 15 is 0 Å². The first-order valence-corrected chi connectivity index (χ1v) is 9.76. The SMILES string of the molecule is CCNC(=O)COc1ccc(NC(=O)c2csc(-c3ccc(C)cc3)n2)cc1. The molecule has 3 aromatic rings. The Morgan fingerprint density at radius 3 is 2.46 bits per heavy atom. The minimum atomic E-state index is -0.273. The van der Waals surface area contributed by atoms with Crippen molar-refractivity contribution in [3.05, 3.63) is 65.2 Å². The lowest BCUT2D eigenvalue weighted by Gasteiger charge is -2.07. The Morgan fingerprint density at radius 2 is 1.79 bits per heavy atom. The van der Waals surface area contributed by atoms with Crippen LogP contribution in [0.3, 0.4) is 0 Å². The summed E-state index contributed by atoms with van der Waals surface area (Å²) in [6.07, 6.45) is 0. The van der Waals surface area contributed by atoms with Gasteiger partial charge in [0.05, 0.1) is 0 Å². The molecule has 2 amide bonds. The maximum atomic E-state index is 12.4. The van der Waals surface area contributed by atoms with Gasteiger partial charge in [0.25, 0.3) is 11.8 Å². The van der Waals surface area contributed by atoms with Crippen molar-refractivity contribution in [3.63, 3.8) is 0 Å². The highest BCUT2D eigenvalue weighted by atomic mass is 32.1. The standard InChI is InChI=1S/C21H21N3O3S/c1-3-22-19(25)12-27-17-10-8-16(9-11-17)23-20(26)18-13-28-21(24-18)15-6-4-14(2)5-7-15/h4-11,13H,3,12H2,1-2H3,(H,22,25)(H,23,26). The molecule has 0 fully saturated rings. The minimum Gasteiger partial charge on any atom is -0.484 e. The molecule has 0 atom stereocenters. The Hall–Kier alpha value is -3.19. The molecule has 7 heteroatoms. The van der Waals surface area contributed by atoms with Crippen molar-refractivity contribution >= 4 is 28.8 Å². The summed E-state index contributed by atoms with van der Waals surface area (Å²) in [6.45, 7) is 4.40. The molecule has 0 saturated carbocycles. The molecule has 0 unspecified atom stereocenters. The van der Waals surface area contributed by atoms with E-state index in [1.54, 1.807) is 29.6 Å². The van der Waals surface area contributed by atoms with Crippen LogP contribution in [0.4, 0.5) is 5.69 Å². The van der Waals surface area contributed by atoms with E-state index in [9.17, 15) is 9.59 Å². The highest BCUT2D eigenvalue weighted by Gasteiger charge is 2.12. The Labute approximate surface area is 167 Å². The summed E-state index contributed by atoms with van der Waals surface area (Å²) >= 11 is 1.43. The lowest BCUT2D eigenvalue weighted by atomic mass is 10.2. The third-order valence-corrected chi connectivity index (χ3v) is 4.78. The number of nitrogens with zero attached hydrogens (tertiary/aromatic N) is 1. The number of thiazole rings is 1. The van der Waals surface area contributed by atoms with E-state index in [-0.39, 0.29) is 18.4 Å². The summed E-state index contributed by atoms with van der Waals surface area (Å²) in [6, 6.07) is 14.9. The molecular weight excluding hydrogens is 374 g/mol. The van der Waals surface area contributed by atoms with Gasteiger partial charge < -0.3 is 15.4 Å².